The van der Waals surface area contributed by atoms with Crippen molar-refractivity contribution < 1.29 is 10.2 Å². The highest BCUT2D eigenvalue weighted by molar-refractivity contribution is 6.34. The van der Waals surface area contributed by atoms with Crippen molar-refractivity contribution in [3.05, 3.63) is 77.9 Å². The highest BCUT2D eigenvalue weighted by Crippen LogP contribution is 2.22. The molecule has 2 aromatic carbocycles. The van der Waals surface area contributed by atoms with E-state index in [-0.39, 0.29) is 6.61 Å². The molecule has 3 aromatic rings. The first-order chi connectivity index (χ1) is 15.2. The quantitative estimate of drug-likeness (QED) is 0.399. The molecule has 1 aromatic heterocycles. The van der Waals surface area contributed by atoms with Gasteiger partial charge in [-0.15, -0.1) is 0 Å². The maximum Gasteiger partial charge on any atom is 0.134 e. The number of hydrogen-bond donors (Lipinski definition) is 3. The third-order valence-electron chi connectivity index (χ3n) is 5.67. The van der Waals surface area contributed by atoms with Crippen molar-refractivity contribution in [2.45, 2.75) is 24.7 Å². The first-order valence-corrected chi connectivity index (χ1v) is 12.2. The SMILES string of the molecule is C[Si][C@H](O)c1nccn1[C@@H](C#Cc1ccc(-c2ccc(CC3CNC3)cc2)cc1)CO. The first-order valence-electron chi connectivity index (χ1n) is 10.6. The van der Waals surface area contributed by atoms with Crippen LogP contribution in [0, 0.1) is 17.8 Å². The Morgan fingerprint density at radius 2 is 1.81 bits per heavy atom. The van der Waals surface area contributed by atoms with Crippen molar-refractivity contribution in [2.24, 2.45) is 5.92 Å². The predicted octanol–water partition coefficient (Wildman–Crippen LogP) is 2.64. The number of aromatic nitrogens is 2. The molecular formula is C25H27N3O2Si. The van der Waals surface area contributed by atoms with Crippen LogP contribution in [0.4, 0.5) is 0 Å². The Morgan fingerprint density at radius 3 is 2.39 bits per heavy atom. The average Bonchev–Trinajstić information content (AvgIpc) is 3.27. The van der Waals surface area contributed by atoms with E-state index in [9.17, 15) is 10.2 Å². The number of nitrogens with zero attached hydrogens (tertiary/aromatic N) is 2. The molecular weight excluding hydrogens is 402 g/mol. The fourth-order valence-corrected chi connectivity index (χ4v) is 4.19. The van der Waals surface area contributed by atoms with Crippen LogP contribution in [0.25, 0.3) is 11.1 Å². The minimum absolute atomic E-state index is 0.142. The zero-order valence-corrected chi connectivity index (χ0v) is 18.6. The minimum atomic E-state index is -0.637. The van der Waals surface area contributed by atoms with Crippen molar-refractivity contribution in [3.8, 4) is 23.0 Å². The molecule has 0 amide bonds. The Kier molecular flexibility index (Phi) is 7.00. The minimum Gasteiger partial charge on any atom is -0.393 e. The third-order valence-corrected chi connectivity index (χ3v) is 6.48. The Morgan fingerprint density at radius 1 is 1.13 bits per heavy atom. The Bertz CT molecular complexity index is 1050. The molecule has 0 saturated carbocycles. The summed E-state index contributed by atoms with van der Waals surface area (Å²) >= 11 is 0. The van der Waals surface area contributed by atoms with Gasteiger partial charge in [0.25, 0.3) is 0 Å². The lowest BCUT2D eigenvalue weighted by molar-refractivity contribution is 0.223. The highest BCUT2D eigenvalue weighted by atomic mass is 28.2. The molecule has 2 heterocycles. The fourth-order valence-electron chi connectivity index (χ4n) is 3.70. The number of benzene rings is 2. The largest absolute Gasteiger partial charge is 0.393 e. The van der Waals surface area contributed by atoms with Gasteiger partial charge in [0.15, 0.2) is 0 Å². The standard InChI is InChI=1S/C25H27N3O2Si/c1-31-25(30)24-27-12-13-28(24)23(17-29)11-6-18-2-7-21(8-3-18)22-9-4-19(5-10-22)14-20-15-26-16-20/h2-5,7-10,12-13,20,23,25-26,29-30H,14-17H2,1H3/t23-,25-/m0/s1. The van der Waals surface area contributed by atoms with Crippen LogP contribution in [0.1, 0.15) is 28.7 Å². The van der Waals surface area contributed by atoms with Crippen LogP contribution in [-0.2, 0) is 6.42 Å². The molecule has 0 spiro atoms. The molecule has 1 saturated heterocycles. The van der Waals surface area contributed by atoms with Crippen LogP contribution in [0.3, 0.4) is 0 Å². The molecule has 2 radical (unpaired) electrons. The van der Waals surface area contributed by atoms with Crippen molar-refractivity contribution in [2.75, 3.05) is 19.7 Å². The summed E-state index contributed by atoms with van der Waals surface area (Å²) in [7, 11) is 0.316. The summed E-state index contributed by atoms with van der Waals surface area (Å²) in [5.41, 5.74) is 3.99. The molecule has 158 valence electrons. The number of nitrogens with one attached hydrogen (secondary N) is 1. The number of hydrogen-bond acceptors (Lipinski definition) is 4. The van der Waals surface area contributed by atoms with E-state index < -0.39 is 11.8 Å². The van der Waals surface area contributed by atoms with Gasteiger partial charge < -0.3 is 20.1 Å². The van der Waals surface area contributed by atoms with Crippen molar-refractivity contribution in [3.63, 3.8) is 0 Å². The number of rotatable bonds is 7. The lowest BCUT2D eigenvalue weighted by Gasteiger charge is -2.27. The second-order valence-corrected chi connectivity index (χ2v) is 8.98. The van der Waals surface area contributed by atoms with Crippen molar-refractivity contribution in [1.82, 2.24) is 14.9 Å². The maximum atomic E-state index is 10.1. The van der Waals surface area contributed by atoms with E-state index in [4.69, 9.17) is 0 Å². The average molecular weight is 430 g/mol. The zero-order valence-electron chi connectivity index (χ0n) is 17.6. The molecule has 6 heteroatoms. The summed E-state index contributed by atoms with van der Waals surface area (Å²) in [4.78, 5) is 4.22. The molecule has 1 aliphatic heterocycles. The van der Waals surface area contributed by atoms with Gasteiger partial charge in [-0.1, -0.05) is 54.8 Å². The van der Waals surface area contributed by atoms with E-state index in [0.717, 1.165) is 36.6 Å². The molecule has 1 aliphatic rings. The maximum absolute atomic E-state index is 10.1. The highest BCUT2D eigenvalue weighted by Gasteiger charge is 2.17. The third kappa shape index (κ3) is 5.14. The Labute approximate surface area is 186 Å². The van der Waals surface area contributed by atoms with Gasteiger partial charge in [0, 0.05) is 18.0 Å². The Hall–Kier alpha value is -2.69. The molecule has 1 fully saturated rings. The summed E-state index contributed by atoms with van der Waals surface area (Å²) in [6.07, 6.45) is 4.52. The lowest BCUT2D eigenvalue weighted by atomic mass is 9.93. The van der Waals surface area contributed by atoms with Crippen molar-refractivity contribution >= 4 is 9.52 Å². The van der Waals surface area contributed by atoms with E-state index in [0.29, 0.717) is 15.3 Å². The summed E-state index contributed by atoms with van der Waals surface area (Å²) in [5, 5.41) is 23.3. The van der Waals surface area contributed by atoms with Gasteiger partial charge in [-0.05, 0) is 54.3 Å². The smallest absolute Gasteiger partial charge is 0.134 e. The summed E-state index contributed by atoms with van der Waals surface area (Å²) < 4.78 is 1.75. The molecule has 0 unspecified atom stereocenters. The predicted molar refractivity (Wildman–Crippen MR) is 124 cm³/mol. The normalized spacial score (nSPS) is 15.6. The van der Waals surface area contributed by atoms with Crippen molar-refractivity contribution in [1.29, 1.82) is 0 Å². The summed E-state index contributed by atoms with van der Waals surface area (Å²) in [5.74, 6) is 7.58. The van der Waals surface area contributed by atoms with Crippen LogP contribution in [0.15, 0.2) is 60.9 Å². The number of aliphatic hydroxyl groups excluding tert-OH is 2. The molecule has 0 aliphatic carbocycles. The monoisotopic (exact) mass is 429 g/mol. The van der Waals surface area contributed by atoms with E-state index in [1.807, 2.05) is 18.7 Å². The van der Waals surface area contributed by atoms with E-state index in [1.165, 1.54) is 11.1 Å². The second-order valence-electron chi connectivity index (χ2n) is 7.85. The zero-order chi connectivity index (χ0) is 21.6. The second kappa shape index (κ2) is 10.1. The molecule has 4 rings (SSSR count). The molecule has 2 atom stereocenters. The van der Waals surface area contributed by atoms with Gasteiger partial charge in [0.05, 0.1) is 21.9 Å². The number of imidazole rings is 1. The van der Waals surface area contributed by atoms with E-state index in [1.54, 1.807) is 17.0 Å². The number of aliphatic hydroxyl groups is 2. The van der Waals surface area contributed by atoms with Crippen LogP contribution >= 0.6 is 0 Å². The molecule has 0 bridgehead atoms. The van der Waals surface area contributed by atoms with Gasteiger partial charge in [0.2, 0.25) is 0 Å². The van der Waals surface area contributed by atoms with Crippen LogP contribution in [0.5, 0.6) is 0 Å². The molecule has 5 nitrogen and oxygen atoms in total. The van der Waals surface area contributed by atoms with E-state index in [2.05, 4.69) is 58.5 Å². The fraction of sp³-hybridized carbons (Fsp3) is 0.320. The van der Waals surface area contributed by atoms with Gasteiger partial charge in [-0.3, -0.25) is 0 Å². The van der Waals surface area contributed by atoms with Gasteiger partial charge in [-0.2, -0.15) is 0 Å². The van der Waals surface area contributed by atoms with Crippen LogP contribution < -0.4 is 5.32 Å². The topological polar surface area (TPSA) is 70.3 Å². The molecule has 31 heavy (non-hydrogen) atoms. The first kappa shape index (κ1) is 21.5. The molecule has 3 N–H and O–H groups in total. The van der Waals surface area contributed by atoms with E-state index >= 15 is 0 Å². The summed E-state index contributed by atoms with van der Waals surface area (Å²) in [6.45, 7) is 4.04. The van der Waals surface area contributed by atoms with Crippen LogP contribution in [0.2, 0.25) is 6.55 Å². The van der Waals surface area contributed by atoms with Gasteiger partial charge in [-0.25, -0.2) is 4.98 Å². The Balaban J connectivity index is 1.45. The summed E-state index contributed by atoms with van der Waals surface area (Å²) in [6, 6.07) is 16.5. The van der Waals surface area contributed by atoms with Crippen LogP contribution in [-0.4, -0.2) is 49.0 Å². The van der Waals surface area contributed by atoms with Gasteiger partial charge >= 0.3 is 0 Å². The van der Waals surface area contributed by atoms with Gasteiger partial charge in [0.1, 0.15) is 11.9 Å². The lowest BCUT2D eigenvalue weighted by Crippen LogP contribution is -2.43.